The minimum Gasteiger partial charge on any atom is -0.473 e. The third-order valence-corrected chi connectivity index (χ3v) is 3.00. The first kappa shape index (κ1) is 13.5. The zero-order valence-electron chi connectivity index (χ0n) is 11.6. The topological polar surface area (TPSA) is 71.7 Å². The molecule has 1 aromatic heterocycles. The number of likely N-dealkylation sites (N-methyl/N-ethyl adjacent to an activating group) is 1. The van der Waals surface area contributed by atoms with E-state index in [1.807, 2.05) is 31.9 Å². The van der Waals surface area contributed by atoms with Gasteiger partial charge in [-0.2, -0.15) is 4.98 Å². The lowest BCUT2D eigenvalue weighted by Gasteiger charge is -2.32. The molecule has 19 heavy (non-hydrogen) atoms. The number of anilines is 2. The Hall–Kier alpha value is -1.98. The number of aromatic nitrogens is 1. The molecule has 1 fully saturated rings. The van der Waals surface area contributed by atoms with Gasteiger partial charge in [0.1, 0.15) is 5.82 Å². The van der Waals surface area contributed by atoms with Crippen molar-refractivity contribution in [3.05, 3.63) is 12.1 Å². The van der Waals surface area contributed by atoms with Crippen molar-refractivity contribution >= 4 is 17.4 Å². The molecule has 2 rings (SSSR count). The van der Waals surface area contributed by atoms with E-state index >= 15 is 0 Å². The summed E-state index contributed by atoms with van der Waals surface area (Å²) in [6.07, 6.45) is 0.0131. The second-order valence-corrected chi connectivity index (χ2v) is 4.97. The van der Waals surface area contributed by atoms with Gasteiger partial charge in [-0.25, -0.2) is 0 Å². The van der Waals surface area contributed by atoms with Crippen LogP contribution >= 0.6 is 0 Å². The summed E-state index contributed by atoms with van der Waals surface area (Å²) in [5.41, 5.74) is 6.35. The fraction of sp³-hybridized carbons (Fsp3) is 0.538. The Morgan fingerprint density at radius 2 is 2.11 bits per heavy atom. The van der Waals surface area contributed by atoms with Crippen molar-refractivity contribution in [3.63, 3.8) is 0 Å². The van der Waals surface area contributed by atoms with Crippen molar-refractivity contribution in [2.45, 2.75) is 20.0 Å². The minimum atomic E-state index is 0.0131. The van der Waals surface area contributed by atoms with Crippen molar-refractivity contribution in [1.29, 1.82) is 0 Å². The molecule has 1 aliphatic rings. The number of carbonyl (C=O) groups excluding carboxylic acids is 1. The summed E-state index contributed by atoms with van der Waals surface area (Å²) in [5, 5.41) is 0. The molecule has 104 valence electrons. The van der Waals surface area contributed by atoms with E-state index in [9.17, 15) is 4.79 Å². The maximum absolute atomic E-state index is 11.7. The van der Waals surface area contributed by atoms with Gasteiger partial charge in [0.05, 0.1) is 18.3 Å². The van der Waals surface area contributed by atoms with E-state index in [0.29, 0.717) is 24.7 Å². The molecule has 0 aromatic carbocycles. The molecule has 6 nitrogen and oxygen atoms in total. The summed E-state index contributed by atoms with van der Waals surface area (Å²) in [4.78, 5) is 19.8. The van der Waals surface area contributed by atoms with Crippen molar-refractivity contribution in [2.75, 3.05) is 37.3 Å². The largest absolute Gasteiger partial charge is 0.473 e. The second-order valence-electron chi connectivity index (χ2n) is 4.97. The van der Waals surface area contributed by atoms with E-state index in [1.54, 1.807) is 11.0 Å². The van der Waals surface area contributed by atoms with Crippen LogP contribution in [0.2, 0.25) is 0 Å². The molecule has 0 bridgehead atoms. The smallest absolute Gasteiger partial charge is 0.241 e. The number of nitrogen functional groups attached to an aromatic ring is 1. The summed E-state index contributed by atoms with van der Waals surface area (Å²) >= 11 is 0. The Balaban J connectivity index is 2.18. The number of nitrogens with zero attached hydrogens (tertiary/aromatic N) is 3. The molecule has 0 atom stereocenters. The summed E-state index contributed by atoms with van der Waals surface area (Å²) in [5.74, 6) is 1.25. The van der Waals surface area contributed by atoms with E-state index in [-0.39, 0.29) is 12.0 Å². The van der Waals surface area contributed by atoms with Gasteiger partial charge in [-0.1, -0.05) is 0 Å². The van der Waals surface area contributed by atoms with E-state index in [0.717, 1.165) is 12.4 Å². The van der Waals surface area contributed by atoms with Gasteiger partial charge < -0.3 is 20.3 Å². The van der Waals surface area contributed by atoms with Crippen LogP contribution in [0.1, 0.15) is 13.8 Å². The van der Waals surface area contributed by atoms with E-state index in [4.69, 9.17) is 10.5 Å². The van der Waals surface area contributed by atoms with Gasteiger partial charge in [-0.3, -0.25) is 4.79 Å². The van der Waals surface area contributed by atoms with Crippen LogP contribution < -0.4 is 15.4 Å². The molecule has 0 aliphatic carbocycles. The van der Waals surface area contributed by atoms with Gasteiger partial charge in [0.25, 0.3) is 0 Å². The number of rotatable bonds is 3. The molecule has 0 radical (unpaired) electrons. The Bertz CT molecular complexity index is 476. The number of ether oxygens (including phenoxy) is 1. The second kappa shape index (κ2) is 5.34. The monoisotopic (exact) mass is 264 g/mol. The normalized spacial score (nSPS) is 16.1. The maximum atomic E-state index is 11.7. The van der Waals surface area contributed by atoms with E-state index in [2.05, 4.69) is 4.98 Å². The molecule has 0 unspecified atom stereocenters. The fourth-order valence-electron chi connectivity index (χ4n) is 1.89. The standard InChI is InChI=1S/C13H20N4O2/c1-9(2)19-13-10(14)4-5-11(15-13)17-7-6-16(3)12(18)8-17/h4-5,9H,6-8,14H2,1-3H3. The van der Waals surface area contributed by atoms with Crippen molar-refractivity contribution in [2.24, 2.45) is 0 Å². The molecule has 1 aliphatic heterocycles. The lowest BCUT2D eigenvalue weighted by Crippen LogP contribution is -2.48. The van der Waals surface area contributed by atoms with Crippen molar-refractivity contribution in [1.82, 2.24) is 9.88 Å². The zero-order chi connectivity index (χ0) is 14.0. The molecular formula is C13H20N4O2. The lowest BCUT2D eigenvalue weighted by molar-refractivity contribution is -0.129. The Morgan fingerprint density at radius 1 is 1.37 bits per heavy atom. The lowest BCUT2D eigenvalue weighted by atomic mass is 10.3. The van der Waals surface area contributed by atoms with Crippen LogP contribution in [0.4, 0.5) is 11.5 Å². The highest BCUT2D eigenvalue weighted by Crippen LogP contribution is 2.24. The average Bonchev–Trinajstić information content (AvgIpc) is 2.35. The van der Waals surface area contributed by atoms with E-state index < -0.39 is 0 Å². The predicted octanol–water partition coefficient (Wildman–Crippen LogP) is 0.729. The van der Waals surface area contributed by atoms with Gasteiger partial charge in [-0.15, -0.1) is 0 Å². The van der Waals surface area contributed by atoms with Crippen LogP contribution in [0.25, 0.3) is 0 Å². The molecule has 1 amide bonds. The predicted molar refractivity (Wildman–Crippen MR) is 74.3 cm³/mol. The van der Waals surface area contributed by atoms with Crippen molar-refractivity contribution < 1.29 is 9.53 Å². The van der Waals surface area contributed by atoms with Gasteiger partial charge in [0.2, 0.25) is 11.8 Å². The molecule has 1 saturated heterocycles. The Kier molecular flexibility index (Phi) is 3.78. The number of carbonyl (C=O) groups is 1. The number of piperazine rings is 1. The molecule has 0 saturated carbocycles. The summed E-state index contributed by atoms with van der Waals surface area (Å²) < 4.78 is 5.57. The molecule has 2 heterocycles. The van der Waals surface area contributed by atoms with Gasteiger partial charge in [-0.05, 0) is 26.0 Å². The number of amides is 1. The quantitative estimate of drug-likeness (QED) is 0.871. The summed E-state index contributed by atoms with van der Waals surface area (Å²) in [7, 11) is 1.81. The fourth-order valence-corrected chi connectivity index (χ4v) is 1.89. The van der Waals surface area contributed by atoms with Crippen LogP contribution in [0.5, 0.6) is 5.88 Å². The number of hydrogen-bond donors (Lipinski definition) is 1. The Morgan fingerprint density at radius 3 is 2.74 bits per heavy atom. The van der Waals surface area contributed by atoms with Crippen LogP contribution in [0.15, 0.2) is 12.1 Å². The molecule has 6 heteroatoms. The van der Waals surface area contributed by atoms with Crippen LogP contribution in [0, 0.1) is 0 Å². The highest BCUT2D eigenvalue weighted by atomic mass is 16.5. The summed E-state index contributed by atoms with van der Waals surface area (Å²) in [6, 6.07) is 3.59. The first-order chi connectivity index (χ1) is 8.97. The first-order valence-corrected chi connectivity index (χ1v) is 6.39. The molecule has 1 aromatic rings. The highest BCUT2D eigenvalue weighted by molar-refractivity contribution is 5.82. The third-order valence-electron chi connectivity index (χ3n) is 3.00. The number of pyridine rings is 1. The van der Waals surface area contributed by atoms with Crippen LogP contribution in [-0.2, 0) is 4.79 Å². The third kappa shape index (κ3) is 3.07. The summed E-state index contributed by atoms with van der Waals surface area (Å²) in [6.45, 7) is 5.65. The maximum Gasteiger partial charge on any atom is 0.241 e. The SMILES string of the molecule is CC(C)Oc1nc(N2CCN(C)C(=O)C2)ccc1N. The van der Waals surface area contributed by atoms with Crippen LogP contribution in [-0.4, -0.2) is 48.6 Å². The van der Waals surface area contributed by atoms with Gasteiger partial charge in [0.15, 0.2) is 0 Å². The molecular weight excluding hydrogens is 244 g/mol. The van der Waals surface area contributed by atoms with Gasteiger partial charge in [0, 0.05) is 20.1 Å². The van der Waals surface area contributed by atoms with Crippen LogP contribution in [0.3, 0.4) is 0 Å². The van der Waals surface area contributed by atoms with Gasteiger partial charge >= 0.3 is 0 Å². The molecule has 0 spiro atoms. The Labute approximate surface area is 113 Å². The van der Waals surface area contributed by atoms with E-state index in [1.165, 1.54) is 0 Å². The van der Waals surface area contributed by atoms with Crippen molar-refractivity contribution in [3.8, 4) is 5.88 Å². The highest BCUT2D eigenvalue weighted by Gasteiger charge is 2.22. The number of hydrogen-bond acceptors (Lipinski definition) is 5. The first-order valence-electron chi connectivity index (χ1n) is 6.39. The molecule has 2 N–H and O–H groups in total. The minimum absolute atomic E-state index is 0.0131. The average molecular weight is 264 g/mol. The number of nitrogens with two attached hydrogens (primary N) is 1. The zero-order valence-corrected chi connectivity index (χ0v) is 11.6.